The van der Waals surface area contributed by atoms with Crippen molar-refractivity contribution in [2.24, 2.45) is 5.41 Å². The lowest BCUT2D eigenvalue weighted by Crippen LogP contribution is -2.47. The van der Waals surface area contributed by atoms with Crippen LogP contribution < -0.4 is 9.80 Å². The minimum atomic E-state index is -1.18. The van der Waals surface area contributed by atoms with Crippen LogP contribution in [-0.4, -0.2) is 47.0 Å². The Hall–Kier alpha value is -3.42. The molecule has 3 rings (SSSR count). The number of pyridine rings is 1. The summed E-state index contributed by atoms with van der Waals surface area (Å²) in [6.45, 7) is 13.6. The van der Waals surface area contributed by atoms with Gasteiger partial charge in [-0.3, -0.25) is 19.5 Å². The smallest absolute Gasteiger partial charge is 0.410 e. The van der Waals surface area contributed by atoms with Gasteiger partial charge in [0.1, 0.15) is 11.0 Å². The number of hydrogen-bond acceptors (Lipinski definition) is 5. The zero-order chi connectivity index (χ0) is 26.1. The van der Waals surface area contributed by atoms with Crippen molar-refractivity contribution in [2.75, 3.05) is 23.4 Å². The minimum Gasteiger partial charge on any atom is -0.444 e. The van der Waals surface area contributed by atoms with Gasteiger partial charge in [0.25, 0.3) is 0 Å². The van der Waals surface area contributed by atoms with Gasteiger partial charge in [-0.1, -0.05) is 12.1 Å². The SMILES string of the molecule is CCN1C(=O)C(C)(C)C(=O)N(C)c2cc(CN(Cc3cccnc3C)C(=O)OC(C)(C)C)ccc21. The fraction of sp³-hybridized carbons (Fsp3) is 0.481. The fourth-order valence-electron chi connectivity index (χ4n) is 4.17. The van der Waals surface area contributed by atoms with Crippen LogP contribution in [0.3, 0.4) is 0 Å². The molecule has 0 N–H and O–H groups in total. The molecular formula is C27H36N4O4. The molecule has 0 atom stereocenters. The first kappa shape index (κ1) is 26.2. The van der Waals surface area contributed by atoms with E-state index in [0.717, 1.165) is 16.8 Å². The Kier molecular flexibility index (Phi) is 7.24. The van der Waals surface area contributed by atoms with Gasteiger partial charge in [-0.05, 0) is 77.8 Å². The monoisotopic (exact) mass is 480 g/mol. The molecule has 0 saturated carbocycles. The predicted octanol–water partition coefficient (Wildman–Crippen LogP) is 4.68. The zero-order valence-electron chi connectivity index (χ0n) is 22.0. The highest BCUT2D eigenvalue weighted by Gasteiger charge is 2.45. The Morgan fingerprint density at radius 1 is 1.09 bits per heavy atom. The molecule has 1 aromatic heterocycles. The van der Waals surface area contributed by atoms with Crippen LogP contribution in [0, 0.1) is 12.3 Å². The number of amides is 3. The second-order valence-electron chi connectivity index (χ2n) is 10.4. The van der Waals surface area contributed by atoms with E-state index in [1.54, 1.807) is 36.9 Å². The van der Waals surface area contributed by atoms with E-state index >= 15 is 0 Å². The van der Waals surface area contributed by atoms with Crippen molar-refractivity contribution >= 4 is 29.3 Å². The van der Waals surface area contributed by atoms with E-state index in [1.807, 2.05) is 65.0 Å². The van der Waals surface area contributed by atoms with E-state index < -0.39 is 17.1 Å². The molecule has 0 radical (unpaired) electrons. The first-order chi connectivity index (χ1) is 16.3. The Morgan fingerprint density at radius 3 is 2.37 bits per heavy atom. The quantitative estimate of drug-likeness (QED) is 0.580. The van der Waals surface area contributed by atoms with Gasteiger partial charge in [0.05, 0.1) is 17.9 Å². The van der Waals surface area contributed by atoms with Crippen LogP contribution >= 0.6 is 0 Å². The maximum Gasteiger partial charge on any atom is 0.410 e. The number of fused-ring (bicyclic) bond motifs is 1. The van der Waals surface area contributed by atoms with E-state index in [0.29, 0.717) is 24.5 Å². The van der Waals surface area contributed by atoms with Crippen molar-refractivity contribution in [1.29, 1.82) is 0 Å². The number of benzene rings is 1. The second kappa shape index (κ2) is 9.68. The summed E-state index contributed by atoms with van der Waals surface area (Å²) in [7, 11) is 1.68. The number of ether oxygens (including phenoxy) is 1. The Morgan fingerprint density at radius 2 is 1.77 bits per heavy atom. The van der Waals surface area contributed by atoms with Gasteiger partial charge >= 0.3 is 6.09 Å². The molecule has 0 spiro atoms. The van der Waals surface area contributed by atoms with Gasteiger partial charge in [0.2, 0.25) is 11.8 Å². The predicted molar refractivity (Wildman–Crippen MR) is 136 cm³/mol. The molecule has 1 aromatic carbocycles. The largest absolute Gasteiger partial charge is 0.444 e. The Labute approximate surface area is 207 Å². The molecule has 0 unspecified atom stereocenters. The lowest BCUT2D eigenvalue weighted by atomic mass is 9.90. The molecule has 1 aliphatic rings. The maximum absolute atomic E-state index is 13.2. The fourth-order valence-corrected chi connectivity index (χ4v) is 4.17. The number of aryl methyl sites for hydroxylation is 1. The van der Waals surface area contributed by atoms with Crippen LogP contribution in [0.4, 0.5) is 16.2 Å². The van der Waals surface area contributed by atoms with Gasteiger partial charge in [0.15, 0.2) is 0 Å². The molecular weight excluding hydrogens is 444 g/mol. The molecule has 2 heterocycles. The van der Waals surface area contributed by atoms with Gasteiger partial charge in [0, 0.05) is 32.0 Å². The molecule has 0 aliphatic carbocycles. The third-order valence-corrected chi connectivity index (χ3v) is 6.13. The van der Waals surface area contributed by atoms with Crippen molar-refractivity contribution in [3.63, 3.8) is 0 Å². The Balaban J connectivity index is 2.01. The molecule has 0 saturated heterocycles. The van der Waals surface area contributed by atoms with Gasteiger partial charge in [-0.15, -0.1) is 0 Å². The standard InChI is InChI=1S/C27H36N4O4/c1-9-31-21-13-12-19(15-22(21)29(8)23(32)27(6,7)24(31)33)16-30(25(34)35-26(3,4)5)17-20-11-10-14-28-18(20)2/h10-15H,9,16-17H2,1-8H3. The molecule has 188 valence electrons. The third kappa shape index (κ3) is 5.47. The lowest BCUT2D eigenvalue weighted by Gasteiger charge is -2.29. The number of aromatic nitrogens is 1. The van der Waals surface area contributed by atoms with Gasteiger partial charge in [-0.25, -0.2) is 4.79 Å². The summed E-state index contributed by atoms with van der Waals surface area (Å²) < 4.78 is 5.68. The highest BCUT2D eigenvalue weighted by molar-refractivity contribution is 6.19. The second-order valence-corrected chi connectivity index (χ2v) is 10.4. The lowest BCUT2D eigenvalue weighted by molar-refractivity contribution is -0.137. The molecule has 1 aliphatic heterocycles. The molecule has 0 bridgehead atoms. The highest BCUT2D eigenvalue weighted by atomic mass is 16.6. The van der Waals surface area contributed by atoms with Crippen LogP contribution in [0.2, 0.25) is 0 Å². The van der Waals surface area contributed by atoms with Crippen molar-refractivity contribution < 1.29 is 19.1 Å². The molecule has 3 amide bonds. The van der Waals surface area contributed by atoms with Gasteiger partial charge < -0.3 is 14.5 Å². The summed E-state index contributed by atoms with van der Waals surface area (Å²) in [4.78, 5) is 48.6. The summed E-state index contributed by atoms with van der Waals surface area (Å²) in [5, 5.41) is 0. The van der Waals surface area contributed by atoms with E-state index in [4.69, 9.17) is 4.74 Å². The summed E-state index contributed by atoms with van der Waals surface area (Å²) in [6.07, 6.45) is 1.28. The first-order valence-corrected chi connectivity index (χ1v) is 11.9. The van der Waals surface area contributed by atoms with Crippen LogP contribution in [0.25, 0.3) is 0 Å². The molecule has 2 aromatic rings. The van der Waals surface area contributed by atoms with E-state index in [2.05, 4.69) is 4.98 Å². The maximum atomic E-state index is 13.2. The van der Waals surface area contributed by atoms with Crippen LogP contribution in [0.15, 0.2) is 36.5 Å². The summed E-state index contributed by atoms with van der Waals surface area (Å²) >= 11 is 0. The number of hydrogen-bond donors (Lipinski definition) is 0. The number of carbonyl (C=O) groups is 3. The molecule has 8 heteroatoms. The normalized spacial score (nSPS) is 15.5. The van der Waals surface area contributed by atoms with Crippen molar-refractivity contribution in [3.05, 3.63) is 53.3 Å². The van der Waals surface area contributed by atoms with Crippen molar-refractivity contribution in [1.82, 2.24) is 9.88 Å². The van der Waals surface area contributed by atoms with E-state index in [9.17, 15) is 14.4 Å². The van der Waals surface area contributed by atoms with E-state index in [-0.39, 0.29) is 18.4 Å². The van der Waals surface area contributed by atoms with Crippen LogP contribution in [-0.2, 0) is 27.4 Å². The van der Waals surface area contributed by atoms with E-state index in [1.165, 1.54) is 4.90 Å². The summed E-state index contributed by atoms with van der Waals surface area (Å²) in [5.41, 5.74) is 2.07. The Bertz CT molecular complexity index is 1140. The van der Waals surface area contributed by atoms with Crippen molar-refractivity contribution in [2.45, 2.75) is 67.2 Å². The number of anilines is 2. The summed E-state index contributed by atoms with van der Waals surface area (Å²) in [5.74, 6) is -0.502. The number of carbonyl (C=O) groups excluding carboxylic acids is 3. The molecule has 35 heavy (non-hydrogen) atoms. The number of rotatable bonds is 5. The van der Waals surface area contributed by atoms with Crippen LogP contribution in [0.1, 0.15) is 58.4 Å². The zero-order valence-corrected chi connectivity index (χ0v) is 22.0. The average molecular weight is 481 g/mol. The van der Waals surface area contributed by atoms with Crippen LogP contribution in [0.5, 0.6) is 0 Å². The highest BCUT2D eigenvalue weighted by Crippen LogP contribution is 2.39. The van der Waals surface area contributed by atoms with Crippen molar-refractivity contribution in [3.8, 4) is 0 Å². The summed E-state index contributed by atoms with van der Waals surface area (Å²) in [6, 6.07) is 9.39. The average Bonchev–Trinajstić information content (AvgIpc) is 2.83. The first-order valence-electron chi connectivity index (χ1n) is 11.9. The third-order valence-electron chi connectivity index (χ3n) is 6.13. The molecule has 0 fully saturated rings. The van der Waals surface area contributed by atoms with Gasteiger partial charge in [-0.2, -0.15) is 0 Å². The topological polar surface area (TPSA) is 83.1 Å². The minimum absolute atomic E-state index is 0.231. The number of nitrogens with zero attached hydrogens (tertiary/aromatic N) is 4. The molecule has 8 nitrogen and oxygen atoms in total.